The van der Waals surface area contributed by atoms with E-state index >= 15 is 0 Å². The molecule has 3 aromatic rings. The van der Waals surface area contributed by atoms with E-state index in [2.05, 4.69) is 32.6 Å². The molecule has 29 heavy (non-hydrogen) atoms. The van der Waals surface area contributed by atoms with Gasteiger partial charge in [0.1, 0.15) is 25.0 Å². The highest BCUT2D eigenvalue weighted by atomic mass is 127. The average molecular weight is 510 g/mol. The Hall–Kier alpha value is -2.40. The molecule has 0 saturated carbocycles. The van der Waals surface area contributed by atoms with Gasteiger partial charge in [0.05, 0.1) is 18.5 Å². The molecule has 0 aliphatic carbocycles. The lowest BCUT2D eigenvalue weighted by atomic mass is 10.2. The Morgan fingerprint density at radius 3 is 2.76 bits per heavy atom. The number of nitrogens with one attached hydrogen (secondary N) is 2. The van der Waals surface area contributed by atoms with Crippen LogP contribution >= 0.6 is 24.0 Å². The lowest BCUT2D eigenvalue weighted by molar-refractivity contribution is 0.105. The van der Waals surface area contributed by atoms with Crippen molar-refractivity contribution in [3.63, 3.8) is 0 Å². The van der Waals surface area contributed by atoms with Crippen LogP contribution in [0.4, 0.5) is 0 Å². The number of benzene rings is 1. The van der Waals surface area contributed by atoms with Crippen molar-refractivity contribution in [2.45, 2.75) is 26.5 Å². The SMILES string of the molecule is CCNC(=NCc1ccc(-n2cncn2)cc1)NCCCOCc1ccco1.I. The van der Waals surface area contributed by atoms with Crippen molar-refractivity contribution in [2.24, 2.45) is 4.99 Å². The molecule has 2 N–H and O–H groups in total. The Labute approximate surface area is 187 Å². The summed E-state index contributed by atoms with van der Waals surface area (Å²) in [5.74, 6) is 1.64. The summed E-state index contributed by atoms with van der Waals surface area (Å²) in [5.41, 5.74) is 2.10. The quantitative estimate of drug-likeness (QED) is 0.189. The third-order valence-corrected chi connectivity index (χ3v) is 3.97. The number of aromatic nitrogens is 3. The zero-order valence-electron chi connectivity index (χ0n) is 16.5. The first-order valence-electron chi connectivity index (χ1n) is 9.41. The first-order valence-corrected chi connectivity index (χ1v) is 9.41. The molecule has 2 heterocycles. The Bertz CT molecular complexity index is 819. The van der Waals surface area contributed by atoms with Crippen molar-refractivity contribution in [2.75, 3.05) is 19.7 Å². The highest BCUT2D eigenvalue weighted by Crippen LogP contribution is 2.09. The van der Waals surface area contributed by atoms with Crippen molar-refractivity contribution in [1.29, 1.82) is 0 Å². The highest BCUT2D eigenvalue weighted by molar-refractivity contribution is 14.0. The van der Waals surface area contributed by atoms with Crippen molar-refractivity contribution < 1.29 is 9.15 Å². The Morgan fingerprint density at radius 1 is 1.21 bits per heavy atom. The first-order chi connectivity index (χ1) is 13.8. The topological polar surface area (TPSA) is 89.5 Å². The van der Waals surface area contributed by atoms with Crippen molar-refractivity contribution in [3.8, 4) is 5.69 Å². The molecule has 1 aromatic carbocycles. The fourth-order valence-electron chi connectivity index (χ4n) is 2.56. The van der Waals surface area contributed by atoms with Gasteiger partial charge in [-0.05, 0) is 43.2 Å². The number of hydrogen-bond acceptors (Lipinski definition) is 5. The highest BCUT2D eigenvalue weighted by Gasteiger charge is 2.00. The minimum Gasteiger partial charge on any atom is -0.467 e. The van der Waals surface area contributed by atoms with E-state index in [1.165, 1.54) is 6.33 Å². The van der Waals surface area contributed by atoms with Crippen LogP contribution in [0, 0.1) is 0 Å². The molecule has 9 heteroatoms. The third kappa shape index (κ3) is 7.86. The second-order valence-corrected chi connectivity index (χ2v) is 6.11. The van der Waals surface area contributed by atoms with Gasteiger partial charge in [0.2, 0.25) is 0 Å². The van der Waals surface area contributed by atoms with Gasteiger partial charge in [0.25, 0.3) is 0 Å². The molecule has 0 radical (unpaired) electrons. The minimum absolute atomic E-state index is 0. The Morgan fingerprint density at radius 2 is 2.07 bits per heavy atom. The first kappa shape index (κ1) is 22.9. The number of rotatable bonds is 10. The van der Waals surface area contributed by atoms with E-state index in [-0.39, 0.29) is 24.0 Å². The molecule has 8 nitrogen and oxygen atoms in total. The maximum absolute atomic E-state index is 5.59. The molecule has 0 saturated heterocycles. The van der Waals surface area contributed by atoms with E-state index in [0.29, 0.717) is 19.8 Å². The fraction of sp³-hybridized carbons (Fsp3) is 0.350. The molecular weight excluding hydrogens is 483 g/mol. The van der Waals surface area contributed by atoms with E-state index in [9.17, 15) is 0 Å². The molecular formula is C20H27IN6O2. The van der Waals surface area contributed by atoms with E-state index < -0.39 is 0 Å². The predicted molar refractivity (Wildman–Crippen MR) is 123 cm³/mol. The van der Waals surface area contributed by atoms with Gasteiger partial charge in [0, 0.05) is 19.7 Å². The number of guanidine groups is 1. The van der Waals surface area contributed by atoms with E-state index in [0.717, 1.165) is 42.5 Å². The summed E-state index contributed by atoms with van der Waals surface area (Å²) in [6, 6.07) is 11.9. The second kappa shape index (κ2) is 12.9. The summed E-state index contributed by atoms with van der Waals surface area (Å²) in [6.45, 7) is 5.42. The average Bonchev–Trinajstić information content (AvgIpc) is 3.43. The van der Waals surface area contributed by atoms with E-state index in [1.54, 1.807) is 17.3 Å². The van der Waals surface area contributed by atoms with Crippen LogP contribution in [-0.4, -0.2) is 40.4 Å². The third-order valence-electron chi connectivity index (χ3n) is 3.97. The van der Waals surface area contributed by atoms with Crippen LogP contribution < -0.4 is 10.6 Å². The maximum Gasteiger partial charge on any atom is 0.191 e. The van der Waals surface area contributed by atoms with E-state index in [1.807, 2.05) is 36.4 Å². The summed E-state index contributed by atoms with van der Waals surface area (Å²) in [6.07, 6.45) is 5.74. The van der Waals surface area contributed by atoms with Gasteiger partial charge in [0.15, 0.2) is 5.96 Å². The van der Waals surface area contributed by atoms with Gasteiger partial charge in [-0.1, -0.05) is 12.1 Å². The standard InChI is InChI=1S/C20H26N6O2.HI/c1-2-22-20(23-10-4-11-27-14-19-5-3-12-28-19)24-13-17-6-8-18(9-7-17)26-16-21-15-25-26;/h3,5-9,12,15-16H,2,4,10-11,13-14H2,1H3,(H2,22,23,24);1H. The fourth-order valence-corrected chi connectivity index (χ4v) is 2.56. The molecule has 0 aliphatic rings. The smallest absolute Gasteiger partial charge is 0.191 e. The van der Waals surface area contributed by atoms with E-state index in [4.69, 9.17) is 9.15 Å². The van der Waals surface area contributed by atoms with Crippen LogP contribution in [0.15, 0.2) is 64.7 Å². The predicted octanol–water partition coefficient (Wildman–Crippen LogP) is 3.14. The lowest BCUT2D eigenvalue weighted by Crippen LogP contribution is -2.38. The largest absolute Gasteiger partial charge is 0.467 e. The van der Waals surface area contributed by atoms with Crippen LogP contribution in [0.2, 0.25) is 0 Å². The molecule has 0 aliphatic heterocycles. The lowest BCUT2D eigenvalue weighted by Gasteiger charge is -2.11. The van der Waals surface area contributed by atoms with Gasteiger partial charge >= 0.3 is 0 Å². The van der Waals surface area contributed by atoms with Crippen molar-refractivity contribution in [3.05, 3.63) is 66.6 Å². The summed E-state index contributed by atoms with van der Waals surface area (Å²) in [7, 11) is 0. The zero-order valence-corrected chi connectivity index (χ0v) is 18.8. The van der Waals surface area contributed by atoms with Gasteiger partial charge in [-0.2, -0.15) is 5.10 Å². The summed E-state index contributed by atoms with van der Waals surface area (Å²) < 4.78 is 12.5. The monoisotopic (exact) mass is 510 g/mol. The van der Waals surface area contributed by atoms with Crippen LogP contribution in [0.3, 0.4) is 0 Å². The number of ether oxygens (including phenoxy) is 1. The van der Waals surface area contributed by atoms with Gasteiger partial charge in [-0.25, -0.2) is 14.7 Å². The maximum atomic E-state index is 5.59. The number of halogens is 1. The molecule has 0 amide bonds. The van der Waals surface area contributed by atoms with Gasteiger partial charge in [-0.15, -0.1) is 24.0 Å². The zero-order chi connectivity index (χ0) is 19.4. The molecule has 0 fully saturated rings. The molecule has 0 atom stereocenters. The summed E-state index contributed by atoms with van der Waals surface area (Å²) in [4.78, 5) is 8.60. The number of nitrogens with zero attached hydrogens (tertiary/aromatic N) is 4. The molecule has 0 spiro atoms. The molecule has 0 unspecified atom stereocenters. The van der Waals surface area contributed by atoms with Gasteiger partial charge < -0.3 is 19.8 Å². The van der Waals surface area contributed by atoms with Crippen molar-refractivity contribution in [1.82, 2.24) is 25.4 Å². The molecule has 156 valence electrons. The Balaban J connectivity index is 0.00000300. The van der Waals surface area contributed by atoms with Crippen LogP contribution in [0.1, 0.15) is 24.7 Å². The second-order valence-electron chi connectivity index (χ2n) is 6.11. The molecule has 0 bridgehead atoms. The summed E-state index contributed by atoms with van der Waals surface area (Å²) >= 11 is 0. The Kier molecular flexibility index (Phi) is 10.2. The van der Waals surface area contributed by atoms with Crippen LogP contribution in [-0.2, 0) is 17.9 Å². The minimum atomic E-state index is 0. The number of furan rings is 1. The van der Waals surface area contributed by atoms with Crippen LogP contribution in [0.25, 0.3) is 5.69 Å². The van der Waals surface area contributed by atoms with Gasteiger partial charge in [-0.3, -0.25) is 0 Å². The van der Waals surface area contributed by atoms with Crippen LogP contribution in [0.5, 0.6) is 0 Å². The normalized spacial score (nSPS) is 11.1. The number of aliphatic imine (C=N–C) groups is 1. The molecule has 2 aromatic heterocycles. The molecule has 3 rings (SSSR count). The summed E-state index contributed by atoms with van der Waals surface area (Å²) in [5, 5.41) is 10.7. The van der Waals surface area contributed by atoms with Crippen molar-refractivity contribution >= 4 is 29.9 Å². The number of hydrogen-bond donors (Lipinski definition) is 2.